The van der Waals surface area contributed by atoms with E-state index in [9.17, 15) is 0 Å². The summed E-state index contributed by atoms with van der Waals surface area (Å²) in [5.41, 5.74) is 6.33. The van der Waals surface area contributed by atoms with Crippen molar-refractivity contribution in [2.24, 2.45) is 5.73 Å². The van der Waals surface area contributed by atoms with Gasteiger partial charge in [-0.2, -0.15) is 0 Å². The van der Waals surface area contributed by atoms with Crippen LogP contribution in [-0.4, -0.2) is 24.5 Å². The summed E-state index contributed by atoms with van der Waals surface area (Å²) < 4.78 is 0. The molecule has 0 heterocycles. The summed E-state index contributed by atoms with van der Waals surface area (Å²) in [6.07, 6.45) is 2.55. The maximum absolute atomic E-state index is 5.68. The zero-order valence-electron chi connectivity index (χ0n) is 5.28. The number of hydrogen-bond acceptors (Lipinski definition) is 1. The first-order valence-corrected chi connectivity index (χ1v) is 9.54. The summed E-state index contributed by atoms with van der Waals surface area (Å²) >= 11 is 0. The molecule has 1 unspecified atom stereocenters. The van der Waals surface area contributed by atoms with E-state index in [2.05, 4.69) is 6.92 Å². The van der Waals surface area contributed by atoms with E-state index in [1.807, 2.05) is 0 Å². The van der Waals surface area contributed by atoms with Gasteiger partial charge in [0.05, 0.1) is 0 Å². The van der Waals surface area contributed by atoms with Gasteiger partial charge in [-0.05, 0) is 21.8 Å². The van der Waals surface area contributed by atoms with E-state index in [1.54, 1.807) is 0 Å². The molecule has 0 aliphatic carbocycles. The number of nitrogens with two attached hydrogens (primary N) is 1. The molecule has 2 N–H and O–H groups in total. The molecule has 0 aromatic carbocycles. The molecule has 0 aliphatic heterocycles. The summed E-state index contributed by atoms with van der Waals surface area (Å²) in [5.74, 6) is 0. The van der Waals surface area contributed by atoms with Crippen molar-refractivity contribution in [2.75, 3.05) is 0 Å². The van der Waals surface area contributed by atoms with Gasteiger partial charge in [-0.15, -0.1) is 0 Å². The molecule has 0 aliphatic rings. The van der Waals surface area contributed by atoms with Crippen LogP contribution in [0.1, 0.15) is 19.8 Å². The molecule has 7 heavy (non-hydrogen) atoms. The zero-order chi connectivity index (χ0) is 5.70. The molecule has 44 valence electrons. The Bertz CT molecular complexity index is 40.7. The SMILES string of the molecule is CCCC(N)[SiH2][SiH3]. The van der Waals surface area contributed by atoms with Crippen LogP contribution in [0.15, 0.2) is 0 Å². The normalized spacial score (nSPS) is 16.3. The zero-order valence-corrected chi connectivity index (χ0v) is 8.69. The summed E-state index contributed by atoms with van der Waals surface area (Å²) in [7, 11) is 1.64. The summed E-state index contributed by atoms with van der Waals surface area (Å²) in [6, 6.07) is 0. The van der Waals surface area contributed by atoms with Gasteiger partial charge in [0, 0.05) is 9.04 Å². The van der Waals surface area contributed by atoms with Crippen molar-refractivity contribution in [3.05, 3.63) is 0 Å². The van der Waals surface area contributed by atoms with Crippen LogP contribution in [0.3, 0.4) is 0 Å². The van der Waals surface area contributed by atoms with Gasteiger partial charge in [0.2, 0.25) is 0 Å². The van der Waals surface area contributed by atoms with Crippen LogP contribution >= 0.6 is 0 Å². The van der Waals surface area contributed by atoms with Gasteiger partial charge >= 0.3 is 0 Å². The smallest absolute Gasteiger partial charge is 0.0246 e. The van der Waals surface area contributed by atoms with Crippen molar-refractivity contribution in [1.29, 1.82) is 0 Å². The van der Waals surface area contributed by atoms with Crippen molar-refractivity contribution < 1.29 is 0 Å². The monoisotopic (exact) mass is 133 g/mol. The molecule has 1 nitrogen and oxygen atoms in total. The molecule has 0 rings (SSSR count). The Labute approximate surface area is 50.7 Å². The second kappa shape index (κ2) is 4.55. The van der Waals surface area contributed by atoms with Gasteiger partial charge in [-0.3, -0.25) is 0 Å². The Morgan fingerprint density at radius 3 is 2.57 bits per heavy atom. The maximum atomic E-state index is 5.68. The van der Waals surface area contributed by atoms with Crippen LogP contribution < -0.4 is 5.73 Å². The lowest BCUT2D eigenvalue weighted by molar-refractivity contribution is 0.753. The van der Waals surface area contributed by atoms with E-state index in [1.165, 1.54) is 22.6 Å². The predicted octanol–water partition coefficient (Wildman–Crippen LogP) is -1.48. The first-order chi connectivity index (χ1) is 3.31. The third-order valence-corrected chi connectivity index (χ3v) is 5.79. The highest BCUT2D eigenvalue weighted by atomic mass is 29.1. The molecule has 0 saturated heterocycles. The maximum Gasteiger partial charge on any atom is 0.0246 e. The van der Waals surface area contributed by atoms with Gasteiger partial charge in [0.25, 0.3) is 0 Å². The minimum absolute atomic E-state index is 0.244. The highest BCUT2D eigenvalue weighted by Crippen LogP contribution is 1.87. The van der Waals surface area contributed by atoms with Gasteiger partial charge in [0.15, 0.2) is 0 Å². The van der Waals surface area contributed by atoms with Crippen LogP contribution in [0.4, 0.5) is 0 Å². The molecule has 0 fully saturated rings. The van der Waals surface area contributed by atoms with Crippen molar-refractivity contribution in [3.8, 4) is 0 Å². The lowest BCUT2D eigenvalue weighted by Gasteiger charge is -2.02. The van der Waals surface area contributed by atoms with Crippen molar-refractivity contribution in [2.45, 2.75) is 25.4 Å². The van der Waals surface area contributed by atoms with Gasteiger partial charge < -0.3 is 5.73 Å². The average molecular weight is 133 g/mol. The van der Waals surface area contributed by atoms with Gasteiger partial charge in [-0.1, -0.05) is 13.3 Å². The van der Waals surface area contributed by atoms with E-state index in [-0.39, 0.29) is 9.04 Å². The molecule has 1 atom stereocenters. The topological polar surface area (TPSA) is 26.0 Å². The van der Waals surface area contributed by atoms with Gasteiger partial charge in [0.1, 0.15) is 0 Å². The van der Waals surface area contributed by atoms with Crippen LogP contribution in [-0.2, 0) is 0 Å². The largest absolute Gasteiger partial charge is 0.331 e. The van der Waals surface area contributed by atoms with Crippen LogP contribution in [0, 0.1) is 0 Å². The lowest BCUT2D eigenvalue weighted by atomic mass is 10.3. The first kappa shape index (κ1) is 7.39. The highest BCUT2D eigenvalue weighted by molar-refractivity contribution is 6.90. The van der Waals surface area contributed by atoms with E-state index < -0.39 is 0 Å². The summed E-state index contributed by atoms with van der Waals surface area (Å²) in [6.45, 7) is 2.20. The fraction of sp³-hybridized carbons (Fsp3) is 1.00. The Kier molecular flexibility index (Phi) is 4.81. The van der Waals surface area contributed by atoms with E-state index in [0.717, 1.165) is 0 Å². The van der Waals surface area contributed by atoms with Crippen LogP contribution in [0.25, 0.3) is 0 Å². The first-order valence-electron chi connectivity index (χ1n) is 3.06. The van der Waals surface area contributed by atoms with Crippen molar-refractivity contribution >= 4 is 18.8 Å². The third-order valence-electron chi connectivity index (χ3n) is 1.18. The molecule has 3 heteroatoms. The summed E-state index contributed by atoms with van der Waals surface area (Å²) in [4.78, 5) is 0. The lowest BCUT2D eigenvalue weighted by Crippen LogP contribution is -2.27. The minimum atomic E-state index is 0.244. The Morgan fingerprint density at radius 1 is 1.86 bits per heavy atom. The van der Waals surface area contributed by atoms with Crippen molar-refractivity contribution in [3.63, 3.8) is 0 Å². The fourth-order valence-corrected chi connectivity index (χ4v) is 2.62. The minimum Gasteiger partial charge on any atom is -0.331 e. The highest BCUT2D eigenvalue weighted by Gasteiger charge is 1.93. The standard InChI is InChI=1S/C4H15NSi2/c1-2-3-4(5)7-6/h4H,2-3,5,7H2,1,6H3. The van der Waals surface area contributed by atoms with E-state index in [0.29, 0.717) is 5.67 Å². The Balaban J connectivity index is 2.83. The van der Waals surface area contributed by atoms with E-state index >= 15 is 0 Å². The quantitative estimate of drug-likeness (QED) is 0.467. The molecular formula is C4H15NSi2. The number of rotatable bonds is 3. The fourth-order valence-electron chi connectivity index (χ4n) is 0.575. The molecule has 0 bridgehead atoms. The molecule has 0 aromatic heterocycles. The average Bonchev–Trinajstić information content (AvgIpc) is 1.68. The Hall–Kier alpha value is 0.394. The third kappa shape index (κ3) is 4.24. The molecular weight excluding hydrogens is 118 g/mol. The predicted molar refractivity (Wildman–Crippen MR) is 41.4 cm³/mol. The van der Waals surface area contributed by atoms with Crippen molar-refractivity contribution in [1.82, 2.24) is 0 Å². The van der Waals surface area contributed by atoms with Crippen LogP contribution in [0.2, 0.25) is 0 Å². The van der Waals surface area contributed by atoms with E-state index in [4.69, 9.17) is 5.73 Å². The molecule has 0 saturated carbocycles. The number of hydrogen-bond donors (Lipinski definition) is 1. The van der Waals surface area contributed by atoms with Gasteiger partial charge in [-0.25, -0.2) is 0 Å². The molecule has 0 spiro atoms. The summed E-state index contributed by atoms with van der Waals surface area (Å²) in [5, 5.41) is 0. The van der Waals surface area contributed by atoms with Crippen LogP contribution in [0.5, 0.6) is 0 Å². The molecule has 0 radical (unpaired) electrons. The second-order valence-electron chi connectivity index (χ2n) is 1.96. The molecule has 0 aromatic rings. The second-order valence-corrected chi connectivity index (χ2v) is 6.27. The Morgan fingerprint density at radius 2 is 2.43 bits per heavy atom. The molecule has 0 amide bonds.